The van der Waals surface area contributed by atoms with E-state index in [0.717, 1.165) is 34.6 Å². The minimum atomic E-state index is -4.82. The molecule has 16 heteroatoms. The molecular formula is C26H19F6N5O4S. The van der Waals surface area contributed by atoms with Crippen molar-refractivity contribution in [1.82, 2.24) is 20.5 Å². The van der Waals surface area contributed by atoms with Crippen LogP contribution in [0, 0.1) is 0 Å². The zero-order valence-corrected chi connectivity index (χ0v) is 21.9. The summed E-state index contributed by atoms with van der Waals surface area (Å²) in [5.41, 5.74) is -2.41. The summed E-state index contributed by atoms with van der Waals surface area (Å²) in [4.78, 5) is 15.3. The minimum Gasteiger partial charge on any atom is -0.484 e. The SMILES string of the molecule is O=C(NC[C@H]1CN(S(=O)(=O)c2cccc(C(F)(F)F)c2)c2cc(-c3cccc(C(F)(F)F)n3)ccc2O1)c1ccn[nH]1. The lowest BCUT2D eigenvalue weighted by atomic mass is 10.1. The van der Waals surface area contributed by atoms with Crippen LogP contribution in [0.4, 0.5) is 32.0 Å². The highest BCUT2D eigenvalue weighted by Crippen LogP contribution is 2.41. The van der Waals surface area contributed by atoms with Crippen molar-refractivity contribution in [2.45, 2.75) is 23.4 Å². The molecule has 0 unspecified atom stereocenters. The maximum absolute atomic E-state index is 13.8. The van der Waals surface area contributed by atoms with Gasteiger partial charge in [0, 0.05) is 11.8 Å². The molecule has 1 atom stereocenters. The summed E-state index contributed by atoms with van der Waals surface area (Å²) in [6.07, 6.45) is -9.21. The molecule has 5 rings (SSSR count). The van der Waals surface area contributed by atoms with Gasteiger partial charge in [0.15, 0.2) is 0 Å². The second-order valence-electron chi connectivity index (χ2n) is 9.07. The minimum absolute atomic E-state index is 0.0340. The van der Waals surface area contributed by atoms with Crippen LogP contribution >= 0.6 is 0 Å². The molecule has 2 aromatic heterocycles. The number of aromatic amines is 1. The first kappa shape index (κ1) is 28.9. The van der Waals surface area contributed by atoms with Crippen LogP contribution in [-0.2, 0) is 22.4 Å². The van der Waals surface area contributed by atoms with Crippen LogP contribution in [0.2, 0.25) is 0 Å². The number of H-pyrrole nitrogens is 1. The Morgan fingerprint density at radius 1 is 1.00 bits per heavy atom. The molecule has 0 bridgehead atoms. The number of nitrogens with one attached hydrogen (secondary N) is 2. The number of anilines is 1. The number of fused-ring (bicyclic) bond motifs is 1. The fourth-order valence-electron chi connectivity index (χ4n) is 4.20. The van der Waals surface area contributed by atoms with E-state index in [4.69, 9.17) is 4.74 Å². The molecule has 2 N–H and O–H groups in total. The smallest absolute Gasteiger partial charge is 0.433 e. The molecule has 42 heavy (non-hydrogen) atoms. The number of pyridine rings is 1. The predicted octanol–water partition coefficient (Wildman–Crippen LogP) is 4.90. The zero-order chi connectivity index (χ0) is 30.3. The van der Waals surface area contributed by atoms with Crippen molar-refractivity contribution in [2.24, 2.45) is 0 Å². The Bertz CT molecular complexity index is 1730. The number of ether oxygens (including phenoxy) is 1. The third-order valence-corrected chi connectivity index (χ3v) is 7.99. The standard InChI is InChI=1S/C26H19F6N5O4S/c27-25(28,29)16-3-1-4-18(12-16)42(39,40)37-14-17(13-33-24(38)20-9-10-34-36-20)41-22-8-7-15(11-21(22)37)19-5-2-6-23(35-19)26(30,31)32/h1-12,17H,13-14H2,(H,33,38)(H,34,36)/t17-/m0/s1. The van der Waals surface area contributed by atoms with E-state index in [1.54, 1.807) is 0 Å². The van der Waals surface area contributed by atoms with Gasteiger partial charge in [-0.2, -0.15) is 31.4 Å². The van der Waals surface area contributed by atoms with E-state index >= 15 is 0 Å². The Kier molecular flexibility index (Phi) is 7.34. The van der Waals surface area contributed by atoms with Gasteiger partial charge >= 0.3 is 12.4 Å². The highest BCUT2D eigenvalue weighted by Gasteiger charge is 2.38. The van der Waals surface area contributed by atoms with Gasteiger partial charge in [-0.15, -0.1) is 0 Å². The van der Waals surface area contributed by atoms with E-state index in [1.165, 1.54) is 36.5 Å². The van der Waals surface area contributed by atoms with Crippen LogP contribution in [0.15, 0.2) is 77.8 Å². The van der Waals surface area contributed by atoms with Gasteiger partial charge in [-0.3, -0.25) is 14.2 Å². The van der Waals surface area contributed by atoms with E-state index in [2.05, 4.69) is 20.5 Å². The first-order valence-electron chi connectivity index (χ1n) is 12.1. The first-order chi connectivity index (χ1) is 19.7. The largest absolute Gasteiger partial charge is 0.484 e. The Hall–Kier alpha value is -4.60. The third-order valence-electron chi connectivity index (χ3n) is 6.21. The molecule has 1 amide bonds. The molecule has 0 saturated heterocycles. The quantitative estimate of drug-likeness (QED) is 0.300. The van der Waals surface area contributed by atoms with Crippen LogP contribution in [0.3, 0.4) is 0 Å². The molecule has 0 aliphatic carbocycles. The van der Waals surface area contributed by atoms with Crippen molar-refractivity contribution in [1.29, 1.82) is 0 Å². The van der Waals surface area contributed by atoms with Crippen LogP contribution in [-0.4, -0.2) is 48.7 Å². The lowest BCUT2D eigenvalue weighted by molar-refractivity contribution is -0.141. The van der Waals surface area contributed by atoms with Crippen LogP contribution in [0.1, 0.15) is 21.7 Å². The topological polar surface area (TPSA) is 117 Å². The summed E-state index contributed by atoms with van der Waals surface area (Å²) in [6.45, 7) is -0.656. The number of aromatic nitrogens is 3. The summed E-state index contributed by atoms with van der Waals surface area (Å²) in [5, 5.41) is 8.70. The third kappa shape index (κ3) is 5.88. The van der Waals surface area contributed by atoms with E-state index in [0.29, 0.717) is 6.07 Å². The average molecular weight is 612 g/mol. The Labute approximate surface area is 234 Å². The van der Waals surface area contributed by atoms with Crippen molar-refractivity contribution < 1.29 is 44.3 Å². The fourth-order valence-corrected chi connectivity index (χ4v) is 5.75. The molecule has 1 aliphatic heterocycles. The van der Waals surface area contributed by atoms with Gasteiger partial charge in [0.05, 0.1) is 34.9 Å². The number of alkyl halides is 6. The monoisotopic (exact) mass is 611 g/mol. The number of benzene rings is 2. The van der Waals surface area contributed by atoms with Crippen LogP contribution < -0.4 is 14.4 Å². The number of hydrogen-bond donors (Lipinski definition) is 2. The summed E-state index contributed by atoms with van der Waals surface area (Å²) < 4.78 is 114. The highest BCUT2D eigenvalue weighted by molar-refractivity contribution is 7.92. The molecule has 220 valence electrons. The second-order valence-corrected chi connectivity index (χ2v) is 10.9. The van der Waals surface area contributed by atoms with Gasteiger partial charge in [0.25, 0.3) is 15.9 Å². The number of carbonyl (C=O) groups is 1. The van der Waals surface area contributed by atoms with Crippen LogP contribution in [0.25, 0.3) is 11.3 Å². The van der Waals surface area contributed by atoms with E-state index in [-0.39, 0.29) is 34.9 Å². The fraction of sp³-hybridized carbons (Fsp3) is 0.192. The lowest BCUT2D eigenvalue weighted by Gasteiger charge is -2.36. The molecule has 0 saturated carbocycles. The van der Waals surface area contributed by atoms with Crippen molar-refractivity contribution in [3.05, 3.63) is 89.9 Å². The molecule has 4 aromatic rings. The Morgan fingerprint density at radius 2 is 1.76 bits per heavy atom. The van der Waals surface area contributed by atoms with E-state index in [1.807, 2.05) is 0 Å². The molecule has 0 spiro atoms. The molecule has 0 radical (unpaired) electrons. The Morgan fingerprint density at radius 3 is 2.45 bits per heavy atom. The Balaban J connectivity index is 1.55. The number of amides is 1. The summed E-state index contributed by atoms with van der Waals surface area (Å²) in [6, 6.07) is 11.6. The van der Waals surface area contributed by atoms with Gasteiger partial charge in [0.2, 0.25) is 0 Å². The molecule has 0 fully saturated rings. The normalized spacial score (nSPS) is 15.6. The van der Waals surface area contributed by atoms with Crippen molar-refractivity contribution in [3.8, 4) is 17.0 Å². The molecule has 3 heterocycles. The molecular weight excluding hydrogens is 592 g/mol. The van der Waals surface area contributed by atoms with Gasteiger partial charge in [-0.05, 0) is 54.6 Å². The molecule has 9 nitrogen and oxygen atoms in total. The van der Waals surface area contributed by atoms with E-state index in [9.17, 15) is 39.6 Å². The first-order valence-corrected chi connectivity index (χ1v) is 13.5. The summed E-state index contributed by atoms with van der Waals surface area (Å²) >= 11 is 0. The van der Waals surface area contributed by atoms with E-state index < -0.39 is 57.1 Å². The highest BCUT2D eigenvalue weighted by atomic mass is 32.2. The second kappa shape index (κ2) is 10.7. The number of hydrogen-bond acceptors (Lipinski definition) is 6. The van der Waals surface area contributed by atoms with Crippen molar-refractivity contribution >= 4 is 21.6 Å². The van der Waals surface area contributed by atoms with Gasteiger partial charge in [0.1, 0.15) is 23.2 Å². The van der Waals surface area contributed by atoms with Gasteiger partial charge in [-0.1, -0.05) is 12.1 Å². The maximum Gasteiger partial charge on any atom is 0.433 e. The lowest BCUT2D eigenvalue weighted by Crippen LogP contribution is -2.48. The van der Waals surface area contributed by atoms with Crippen LogP contribution in [0.5, 0.6) is 5.75 Å². The van der Waals surface area contributed by atoms with Crippen molar-refractivity contribution in [3.63, 3.8) is 0 Å². The van der Waals surface area contributed by atoms with Crippen molar-refractivity contribution in [2.75, 3.05) is 17.4 Å². The number of sulfonamides is 1. The number of nitrogens with zero attached hydrogens (tertiary/aromatic N) is 3. The average Bonchev–Trinajstić information content (AvgIpc) is 3.50. The van der Waals surface area contributed by atoms with Gasteiger partial charge < -0.3 is 10.1 Å². The summed E-state index contributed by atoms with van der Waals surface area (Å²) in [7, 11) is -4.68. The van der Waals surface area contributed by atoms with Gasteiger partial charge in [-0.25, -0.2) is 13.4 Å². The number of halogens is 6. The number of rotatable bonds is 6. The zero-order valence-electron chi connectivity index (χ0n) is 21.1. The maximum atomic E-state index is 13.8. The predicted molar refractivity (Wildman–Crippen MR) is 136 cm³/mol. The molecule has 1 aliphatic rings. The molecule has 2 aromatic carbocycles. The summed E-state index contributed by atoms with van der Waals surface area (Å²) in [5.74, 6) is -0.603. The number of carbonyl (C=O) groups excluding carboxylic acids is 1.